The van der Waals surface area contributed by atoms with Crippen LogP contribution in [0.5, 0.6) is 0 Å². The SMILES string of the molecule is Cc1cc(C(=O)N2CCN(C(=O)NCCC(=O)O)CC2)c(C)o1. The van der Waals surface area contributed by atoms with Gasteiger partial charge < -0.3 is 24.6 Å². The zero-order valence-corrected chi connectivity index (χ0v) is 13.3. The van der Waals surface area contributed by atoms with Gasteiger partial charge in [-0.2, -0.15) is 0 Å². The van der Waals surface area contributed by atoms with Gasteiger partial charge in [-0.3, -0.25) is 9.59 Å². The Bertz CT molecular complexity index is 602. The minimum absolute atomic E-state index is 0.0923. The smallest absolute Gasteiger partial charge is 0.317 e. The molecule has 0 spiro atoms. The molecule has 1 saturated heterocycles. The summed E-state index contributed by atoms with van der Waals surface area (Å²) >= 11 is 0. The van der Waals surface area contributed by atoms with E-state index in [0.717, 1.165) is 0 Å². The highest BCUT2D eigenvalue weighted by molar-refractivity contribution is 5.95. The highest BCUT2D eigenvalue weighted by atomic mass is 16.4. The third-order valence-corrected chi connectivity index (χ3v) is 3.74. The van der Waals surface area contributed by atoms with E-state index < -0.39 is 5.97 Å². The van der Waals surface area contributed by atoms with Gasteiger partial charge in [-0.1, -0.05) is 0 Å². The molecule has 2 heterocycles. The van der Waals surface area contributed by atoms with E-state index in [1.54, 1.807) is 29.7 Å². The number of amides is 3. The maximum atomic E-state index is 12.4. The van der Waals surface area contributed by atoms with Gasteiger partial charge in [-0.05, 0) is 19.9 Å². The lowest BCUT2D eigenvalue weighted by Gasteiger charge is -2.34. The Morgan fingerprint density at radius 2 is 1.78 bits per heavy atom. The Balaban J connectivity index is 1.83. The van der Waals surface area contributed by atoms with Gasteiger partial charge >= 0.3 is 12.0 Å². The van der Waals surface area contributed by atoms with Gasteiger partial charge in [0, 0.05) is 32.7 Å². The number of nitrogens with zero attached hydrogens (tertiary/aromatic N) is 2. The van der Waals surface area contributed by atoms with Crippen molar-refractivity contribution in [2.24, 2.45) is 0 Å². The Labute approximate surface area is 134 Å². The summed E-state index contributed by atoms with van der Waals surface area (Å²) in [6, 6.07) is 1.43. The number of carbonyl (C=O) groups excluding carboxylic acids is 2. The van der Waals surface area contributed by atoms with Crippen LogP contribution >= 0.6 is 0 Å². The third kappa shape index (κ3) is 4.24. The molecule has 2 rings (SSSR count). The summed E-state index contributed by atoms with van der Waals surface area (Å²) in [5.41, 5.74) is 0.557. The van der Waals surface area contributed by atoms with Crippen molar-refractivity contribution in [1.29, 1.82) is 0 Å². The molecule has 2 N–H and O–H groups in total. The third-order valence-electron chi connectivity index (χ3n) is 3.74. The summed E-state index contributed by atoms with van der Waals surface area (Å²) in [6.07, 6.45) is -0.108. The second-order valence-corrected chi connectivity index (χ2v) is 5.48. The molecule has 1 fully saturated rings. The maximum absolute atomic E-state index is 12.4. The molecule has 0 aliphatic carbocycles. The second kappa shape index (κ2) is 7.17. The fraction of sp³-hybridized carbons (Fsp3) is 0.533. The summed E-state index contributed by atoms with van der Waals surface area (Å²) in [7, 11) is 0. The summed E-state index contributed by atoms with van der Waals surface area (Å²) in [6.45, 7) is 5.36. The van der Waals surface area contributed by atoms with E-state index in [4.69, 9.17) is 9.52 Å². The monoisotopic (exact) mass is 323 g/mol. The molecule has 0 atom stereocenters. The number of nitrogens with one attached hydrogen (secondary N) is 1. The molecule has 0 radical (unpaired) electrons. The Hall–Kier alpha value is -2.51. The highest BCUT2D eigenvalue weighted by Crippen LogP contribution is 2.17. The number of carboxylic acids is 1. The number of urea groups is 1. The molecular weight excluding hydrogens is 302 g/mol. The normalized spacial score (nSPS) is 14.7. The lowest BCUT2D eigenvalue weighted by Crippen LogP contribution is -2.53. The topological polar surface area (TPSA) is 103 Å². The summed E-state index contributed by atoms with van der Waals surface area (Å²) in [5.74, 6) is 0.250. The van der Waals surface area contributed by atoms with Crippen LogP contribution in [-0.4, -0.2) is 65.5 Å². The number of aryl methyl sites for hydroxylation is 2. The Kier molecular flexibility index (Phi) is 5.25. The summed E-state index contributed by atoms with van der Waals surface area (Å²) < 4.78 is 5.38. The molecule has 3 amide bonds. The van der Waals surface area contributed by atoms with Gasteiger partial charge in [0.15, 0.2) is 0 Å². The zero-order chi connectivity index (χ0) is 17.0. The molecule has 1 aliphatic heterocycles. The number of furan rings is 1. The molecular formula is C15H21N3O5. The van der Waals surface area contributed by atoms with Crippen LogP contribution in [0.15, 0.2) is 10.5 Å². The van der Waals surface area contributed by atoms with Crippen molar-refractivity contribution < 1.29 is 23.9 Å². The quantitative estimate of drug-likeness (QED) is 0.854. The largest absolute Gasteiger partial charge is 0.481 e. The molecule has 126 valence electrons. The van der Waals surface area contributed by atoms with E-state index in [0.29, 0.717) is 43.3 Å². The van der Waals surface area contributed by atoms with Crippen LogP contribution in [0.3, 0.4) is 0 Å². The molecule has 0 saturated carbocycles. The standard InChI is InChI=1S/C15H21N3O5/c1-10-9-12(11(2)23-10)14(21)17-5-7-18(8-6-17)15(22)16-4-3-13(19)20/h9H,3-8H2,1-2H3,(H,16,22)(H,19,20). The minimum atomic E-state index is -0.952. The predicted octanol–water partition coefficient (Wildman–Crippen LogP) is 0.839. The number of rotatable bonds is 4. The maximum Gasteiger partial charge on any atom is 0.317 e. The van der Waals surface area contributed by atoms with E-state index >= 15 is 0 Å². The van der Waals surface area contributed by atoms with Gasteiger partial charge in [-0.15, -0.1) is 0 Å². The Morgan fingerprint density at radius 3 is 2.30 bits per heavy atom. The van der Waals surface area contributed by atoms with Gasteiger partial charge in [0.1, 0.15) is 11.5 Å². The number of hydrogen-bond acceptors (Lipinski definition) is 4. The fourth-order valence-electron chi connectivity index (χ4n) is 2.51. The van der Waals surface area contributed by atoms with Crippen LogP contribution in [0, 0.1) is 13.8 Å². The number of carbonyl (C=O) groups is 3. The molecule has 0 aromatic carbocycles. The van der Waals surface area contributed by atoms with E-state index in [1.165, 1.54) is 0 Å². The highest BCUT2D eigenvalue weighted by Gasteiger charge is 2.26. The number of hydrogen-bond donors (Lipinski definition) is 2. The van der Waals surface area contributed by atoms with Crippen LogP contribution in [-0.2, 0) is 4.79 Å². The van der Waals surface area contributed by atoms with Crippen molar-refractivity contribution in [3.8, 4) is 0 Å². The van der Waals surface area contributed by atoms with Crippen molar-refractivity contribution in [2.45, 2.75) is 20.3 Å². The number of carboxylic acid groups (broad SMARTS) is 1. The van der Waals surface area contributed by atoms with Gasteiger partial charge in [-0.25, -0.2) is 4.79 Å². The van der Waals surface area contributed by atoms with Crippen LogP contribution < -0.4 is 5.32 Å². The lowest BCUT2D eigenvalue weighted by atomic mass is 10.2. The second-order valence-electron chi connectivity index (χ2n) is 5.48. The first kappa shape index (κ1) is 16.9. The Morgan fingerprint density at radius 1 is 1.17 bits per heavy atom. The molecule has 0 bridgehead atoms. The molecule has 1 aromatic rings. The lowest BCUT2D eigenvalue weighted by molar-refractivity contribution is -0.136. The fourth-order valence-corrected chi connectivity index (χ4v) is 2.51. The minimum Gasteiger partial charge on any atom is -0.481 e. The number of piperazine rings is 1. The van der Waals surface area contributed by atoms with Crippen molar-refractivity contribution in [3.63, 3.8) is 0 Å². The summed E-state index contributed by atoms with van der Waals surface area (Å²) in [5, 5.41) is 11.1. The van der Waals surface area contributed by atoms with Crippen molar-refractivity contribution in [2.75, 3.05) is 32.7 Å². The first-order valence-corrected chi connectivity index (χ1v) is 7.49. The van der Waals surface area contributed by atoms with Crippen LogP contribution in [0.2, 0.25) is 0 Å². The molecule has 0 unspecified atom stereocenters. The number of aliphatic carboxylic acids is 1. The first-order valence-electron chi connectivity index (χ1n) is 7.49. The van der Waals surface area contributed by atoms with Crippen molar-refractivity contribution in [1.82, 2.24) is 15.1 Å². The van der Waals surface area contributed by atoms with Crippen LogP contribution in [0.4, 0.5) is 4.79 Å². The predicted molar refractivity (Wildman–Crippen MR) is 81.3 cm³/mol. The van der Waals surface area contributed by atoms with Crippen molar-refractivity contribution >= 4 is 17.9 Å². The van der Waals surface area contributed by atoms with Crippen molar-refractivity contribution in [3.05, 3.63) is 23.2 Å². The van der Waals surface area contributed by atoms with Gasteiger partial charge in [0.2, 0.25) is 0 Å². The molecule has 8 nitrogen and oxygen atoms in total. The van der Waals surface area contributed by atoms with E-state index in [2.05, 4.69) is 5.32 Å². The average molecular weight is 323 g/mol. The molecule has 23 heavy (non-hydrogen) atoms. The zero-order valence-electron chi connectivity index (χ0n) is 13.3. The average Bonchev–Trinajstić information content (AvgIpc) is 2.85. The van der Waals surface area contributed by atoms with E-state index in [9.17, 15) is 14.4 Å². The van der Waals surface area contributed by atoms with Gasteiger partial charge in [0.25, 0.3) is 5.91 Å². The molecule has 1 aliphatic rings. The van der Waals surface area contributed by atoms with E-state index in [1.807, 2.05) is 0 Å². The van der Waals surface area contributed by atoms with Crippen LogP contribution in [0.25, 0.3) is 0 Å². The van der Waals surface area contributed by atoms with Crippen LogP contribution in [0.1, 0.15) is 28.3 Å². The van der Waals surface area contributed by atoms with Gasteiger partial charge in [0.05, 0.1) is 12.0 Å². The first-order chi connectivity index (χ1) is 10.9. The van der Waals surface area contributed by atoms with E-state index in [-0.39, 0.29) is 24.9 Å². The molecule has 1 aromatic heterocycles. The summed E-state index contributed by atoms with van der Waals surface area (Å²) in [4.78, 5) is 38.0. The molecule has 8 heteroatoms.